The van der Waals surface area contributed by atoms with Gasteiger partial charge in [-0.2, -0.15) is 0 Å². The third kappa shape index (κ3) is 2.30. The first kappa shape index (κ1) is 13.1. The van der Waals surface area contributed by atoms with Gasteiger partial charge in [0.25, 0.3) is 0 Å². The van der Waals surface area contributed by atoms with Crippen molar-refractivity contribution >= 4 is 5.78 Å². The van der Waals surface area contributed by atoms with Crippen LogP contribution in [0.3, 0.4) is 0 Å². The van der Waals surface area contributed by atoms with Gasteiger partial charge in [0.1, 0.15) is 5.78 Å². The fraction of sp³-hybridized carbons (Fsp3) is 0.938. The molecule has 0 N–H and O–H groups in total. The third-order valence-corrected chi connectivity index (χ3v) is 5.64. The summed E-state index contributed by atoms with van der Waals surface area (Å²) in [6.45, 7) is 7.11. The van der Waals surface area contributed by atoms with Gasteiger partial charge in [0.15, 0.2) is 0 Å². The summed E-state index contributed by atoms with van der Waals surface area (Å²) in [6.07, 6.45) is 9.79. The normalized spacial score (nSPS) is 39.1. The van der Waals surface area contributed by atoms with Crippen molar-refractivity contribution in [2.24, 2.45) is 23.2 Å². The molecule has 0 aliphatic heterocycles. The van der Waals surface area contributed by atoms with Gasteiger partial charge in [-0.1, -0.05) is 40.0 Å². The lowest BCUT2D eigenvalue weighted by Crippen LogP contribution is -2.39. The molecule has 0 spiro atoms. The zero-order valence-electron chi connectivity index (χ0n) is 11.8. The van der Waals surface area contributed by atoms with Gasteiger partial charge in [0.2, 0.25) is 0 Å². The van der Waals surface area contributed by atoms with Gasteiger partial charge < -0.3 is 0 Å². The lowest BCUT2D eigenvalue weighted by atomic mass is 9.62. The van der Waals surface area contributed by atoms with Crippen LogP contribution < -0.4 is 0 Å². The summed E-state index contributed by atoms with van der Waals surface area (Å²) in [6, 6.07) is 0. The van der Waals surface area contributed by atoms with Crippen LogP contribution in [0.1, 0.15) is 72.1 Å². The maximum absolute atomic E-state index is 12.1. The molecule has 0 bridgehead atoms. The average molecular weight is 236 g/mol. The van der Waals surface area contributed by atoms with E-state index >= 15 is 0 Å². The first-order chi connectivity index (χ1) is 8.09. The molecule has 2 aliphatic carbocycles. The van der Waals surface area contributed by atoms with Crippen LogP contribution in [0.2, 0.25) is 0 Å². The van der Waals surface area contributed by atoms with E-state index < -0.39 is 0 Å². The van der Waals surface area contributed by atoms with Crippen LogP contribution in [0.4, 0.5) is 0 Å². The Morgan fingerprint density at radius 1 is 1.41 bits per heavy atom. The summed E-state index contributed by atoms with van der Waals surface area (Å²) < 4.78 is 0. The molecule has 2 saturated carbocycles. The summed E-state index contributed by atoms with van der Waals surface area (Å²) in [7, 11) is 0. The van der Waals surface area contributed by atoms with E-state index in [0.29, 0.717) is 17.1 Å². The molecule has 2 aliphatic rings. The fourth-order valence-corrected chi connectivity index (χ4v) is 4.63. The Hall–Kier alpha value is -0.330. The minimum absolute atomic E-state index is 0.350. The molecule has 0 aromatic rings. The van der Waals surface area contributed by atoms with Crippen LogP contribution in [0.5, 0.6) is 0 Å². The van der Waals surface area contributed by atoms with Crippen LogP contribution >= 0.6 is 0 Å². The molecule has 2 rings (SSSR count). The largest absolute Gasteiger partial charge is 0.299 e. The molecule has 0 saturated heterocycles. The average Bonchev–Trinajstić information content (AvgIpc) is 2.64. The number of hydrogen-bond acceptors (Lipinski definition) is 1. The number of rotatable bonds is 4. The number of unbranched alkanes of at least 4 members (excludes halogenated alkanes) is 1. The van der Waals surface area contributed by atoms with Crippen molar-refractivity contribution < 1.29 is 4.79 Å². The zero-order chi connectivity index (χ0) is 12.5. The Morgan fingerprint density at radius 2 is 2.18 bits per heavy atom. The van der Waals surface area contributed by atoms with Gasteiger partial charge in [-0.3, -0.25) is 4.79 Å². The summed E-state index contributed by atoms with van der Waals surface area (Å²) in [5, 5.41) is 0. The highest BCUT2D eigenvalue weighted by Crippen LogP contribution is 2.57. The van der Waals surface area contributed by atoms with E-state index in [1.54, 1.807) is 0 Å². The monoisotopic (exact) mass is 236 g/mol. The first-order valence-electron chi connectivity index (χ1n) is 7.62. The third-order valence-electron chi connectivity index (χ3n) is 5.64. The number of Topliss-reactive ketones (excluding diaryl/α,β-unsaturated/α-hetero) is 1. The summed E-state index contributed by atoms with van der Waals surface area (Å²) in [5.41, 5.74) is 0.350. The Morgan fingerprint density at radius 3 is 2.88 bits per heavy atom. The van der Waals surface area contributed by atoms with E-state index in [4.69, 9.17) is 0 Å². The number of ketones is 1. The van der Waals surface area contributed by atoms with Gasteiger partial charge in [-0.05, 0) is 42.9 Å². The van der Waals surface area contributed by atoms with Gasteiger partial charge >= 0.3 is 0 Å². The van der Waals surface area contributed by atoms with Crippen molar-refractivity contribution in [2.75, 3.05) is 0 Å². The van der Waals surface area contributed by atoms with E-state index in [0.717, 1.165) is 24.7 Å². The van der Waals surface area contributed by atoms with E-state index in [1.807, 2.05) is 0 Å². The van der Waals surface area contributed by atoms with E-state index in [9.17, 15) is 4.79 Å². The molecule has 4 atom stereocenters. The van der Waals surface area contributed by atoms with Crippen molar-refractivity contribution in [3.05, 3.63) is 0 Å². The van der Waals surface area contributed by atoms with E-state index in [2.05, 4.69) is 20.8 Å². The summed E-state index contributed by atoms with van der Waals surface area (Å²) >= 11 is 0. The standard InChI is InChI=1S/C16H28O/c1-4-5-7-12(2)13-9-10-14-15(17)8-6-11-16(13,14)3/h12-14H,4-11H2,1-3H3/t12?,13-,14+,16-/m1/s1. The van der Waals surface area contributed by atoms with Crippen molar-refractivity contribution in [3.8, 4) is 0 Å². The van der Waals surface area contributed by atoms with E-state index in [1.165, 1.54) is 38.5 Å². The molecule has 0 heterocycles. The Kier molecular flexibility index (Phi) is 3.95. The fourth-order valence-electron chi connectivity index (χ4n) is 4.63. The molecule has 17 heavy (non-hydrogen) atoms. The number of fused-ring (bicyclic) bond motifs is 1. The molecular formula is C16H28O. The molecule has 1 heteroatoms. The van der Waals surface area contributed by atoms with Crippen LogP contribution in [-0.4, -0.2) is 5.78 Å². The highest BCUT2D eigenvalue weighted by Gasteiger charge is 2.52. The maximum atomic E-state index is 12.1. The van der Waals surface area contributed by atoms with Gasteiger partial charge in [0.05, 0.1) is 0 Å². The second-order valence-corrected chi connectivity index (χ2v) is 6.68. The lowest BCUT2D eigenvalue weighted by Gasteiger charge is -2.42. The minimum Gasteiger partial charge on any atom is -0.299 e. The number of hydrogen-bond donors (Lipinski definition) is 0. The Labute approximate surface area is 106 Å². The second kappa shape index (κ2) is 5.12. The van der Waals surface area contributed by atoms with Gasteiger partial charge in [-0.15, -0.1) is 0 Å². The SMILES string of the molecule is CCCCC(C)[C@H]1CC[C@H]2C(=O)CCC[C@]12C. The van der Waals surface area contributed by atoms with Crippen LogP contribution in [0, 0.1) is 23.2 Å². The molecule has 0 aromatic heterocycles. The summed E-state index contributed by atoms with van der Waals surface area (Å²) in [5.74, 6) is 2.61. The zero-order valence-corrected chi connectivity index (χ0v) is 11.8. The quantitative estimate of drug-likeness (QED) is 0.697. The summed E-state index contributed by atoms with van der Waals surface area (Å²) in [4.78, 5) is 12.1. The molecule has 0 aromatic carbocycles. The molecular weight excluding hydrogens is 208 g/mol. The lowest BCUT2D eigenvalue weighted by molar-refractivity contribution is -0.130. The van der Waals surface area contributed by atoms with Crippen LogP contribution in [-0.2, 0) is 4.79 Å². The Balaban J connectivity index is 2.07. The number of carbonyl (C=O) groups excluding carboxylic acids is 1. The van der Waals surface area contributed by atoms with Gasteiger partial charge in [0, 0.05) is 12.3 Å². The number of carbonyl (C=O) groups is 1. The maximum Gasteiger partial charge on any atom is 0.136 e. The van der Waals surface area contributed by atoms with Crippen molar-refractivity contribution in [1.29, 1.82) is 0 Å². The minimum atomic E-state index is 0.350. The van der Waals surface area contributed by atoms with Crippen molar-refractivity contribution in [3.63, 3.8) is 0 Å². The molecule has 2 fully saturated rings. The molecule has 98 valence electrons. The molecule has 1 nitrogen and oxygen atoms in total. The van der Waals surface area contributed by atoms with Crippen molar-refractivity contribution in [2.45, 2.75) is 72.1 Å². The molecule has 1 unspecified atom stereocenters. The molecule has 0 radical (unpaired) electrons. The first-order valence-corrected chi connectivity index (χ1v) is 7.62. The second-order valence-electron chi connectivity index (χ2n) is 6.68. The van der Waals surface area contributed by atoms with Crippen LogP contribution in [0.25, 0.3) is 0 Å². The van der Waals surface area contributed by atoms with E-state index in [-0.39, 0.29) is 0 Å². The Bertz CT molecular complexity index is 283. The highest BCUT2D eigenvalue weighted by atomic mass is 16.1. The topological polar surface area (TPSA) is 17.1 Å². The molecule has 0 amide bonds. The predicted molar refractivity (Wildman–Crippen MR) is 71.9 cm³/mol. The predicted octanol–water partition coefficient (Wildman–Crippen LogP) is 4.60. The smallest absolute Gasteiger partial charge is 0.136 e. The van der Waals surface area contributed by atoms with Gasteiger partial charge in [-0.25, -0.2) is 0 Å². The van der Waals surface area contributed by atoms with Crippen LogP contribution in [0.15, 0.2) is 0 Å². The highest BCUT2D eigenvalue weighted by molar-refractivity contribution is 5.83. The van der Waals surface area contributed by atoms with Crippen molar-refractivity contribution in [1.82, 2.24) is 0 Å².